The third-order valence-corrected chi connectivity index (χ3v) is 5.07. The monoisotopic (exact) mass is 395 g/mol. The van der Waals surface area contributed by atoms with Gasteiger partial charge in [0.15, 0.2) is 0 Å². The fraction of sp³-hybridized carbons (Fsp3) is 0.450. The normalized spacial score (nSPS) is 21.7. The maximum Gasteiger partial charge on any atom is 0.125 e. The third kappa shape index (κ3) is 4.65. The average molecular weight is 396 g/mol. The third-order valence-electron chi connectivity index (χ3n) is 4.53. The molecule has 1 aliphatic rings. The van der Waals surface area contributed by atoms with Gasteiger partial charge in [0.25, 0.3) is 0 Å². The molecule has 0 saturated heterocycles. The van der Waals surface area contributed by atoms with Gasteiger partial charge in [0.2, 0.25) is 0 Å². The van der Waals surface area contributed by atoms with Crippen molar-refractivity contribution in [2.24, 2.45) is 5.92 Å². The summed E-state index contributed by atoms with van der Waals surface area (Å²) in [4.78, 5) is 0. The molecule has 1 N–H and O–H groups in total. The van der Waals surface area contributed by atoms with Crippen LogP contribution in [0, 0.1) is 5.92 Å². The molecule has 6 heteroatoms. The van der Waals surface area contributed by atoms with Crippen LogP contribution in [0.3, 0.4) is 0 Å². The summed E-state index contributed by atoms with van der Waals surface area (Å²) < 4.78 is 17.7. The van der Waals surface area contributed by atoms with Crippen LogP contribution in [0.1, 0.15) is 25.0 Å². The van der Waals surface area contributed by atoms with Crippen LogP contribution < -0.4 is 5.32 Å². The minimum Gasteiger partial charge on any atom is -0.498 e. The molecule has 2 rings (SSSR count). The summed E-state index contributed by atoms with van der Waals surface area (Å²) in [7, 11) is 5.20. The van der Waals surface area contributed by atoms with Crippen molar-refractivity contribution in [1.29, 1.82) is 0 Å². The summed E-state index contributed by atoms with van der Waals surface area (Å²) in [5, 5.41) is 5.54. The standard InChI is InChI=1S/C20H26ClNO3S/c1-5-14(12-26)25-19(16-11-13(21)9-10-17(16)22-2)15-7-6-8-18(23-3)20(15)24-4/h6-12,14-15,19-20,22H,5H2,1-4H3. The topological polar surface area (TPSA) is 39.7 Å². The van der Waals surface area contributed by atoms with Crippen molar-refractivity contribution in [3.05, 3.63) is 52.8 Å². The number of allylic oxidation sites excluding steroid dienone is 2. The SMILES string of the molecule is CCC(C=S)OC(c1cc(Cl)ccc1NC)C1C=CC=C(OC)C1OC. The highest BCUT2D eigenvalue weighted by atomic mass is 35.5. The molecule has 0 saturated carbocycles. The molecule has 4 unspecified atom stereocenters. The first-order valence-electron chi connectivity index (χ1n) is 8.62. The molecule has 0 bridgehead atoms. The molecular weight excluding hydrogens is 370 g/mol. The number of anilines is 1. The predicted molar refractivity (Wildman–Crippen MR) is 111 cm³/mol. The molecule has 4 atom stereocenters. The second-order valence-corrected chi connectivity index (χ2v) is 6.72. The summed E-state index contributed by atoms with van der Waals surface area (Å²) in [6.07, 6.45) is 6.03. The van der Waals surface area contributed by atoms with Crippen molar-refractivity contribution >= 4 is 34.9 Å². The molecule has 0 amide bonds. The van der Waals surface area contributed by atoms with E-state index in [0.29, 0.717) is 5.02 Å². The lowest BCUT2D eigenvalue weighted by molar-refractivity contribution is -0.0524. The molecule has 4 nitrogen and oxygen atoms in total. The lowest BCUT2D eigenvalue weighted by Gasteiger charge is -2.35. The Kier molecular flexibility index (Phi) is 8.10. The second kappa shape index (κ2) is 10.1. The van der Waals surface area contributed by atoms with E-state index in [4.69, 9.17) is 38.0 Å². The Hall–Kier alpha value is -1.40. The minimum atomic E-state index is -0.305. The van der Waals surface area contributed by atoms with Gasteiger partial charge in [0.1, 0.15) is 11.9 Å². The molecule has 1 aromatic carbocycles. The molecule has 1 aromatic rings. The zero-order valence-corrected chi connectivity index (χ0v) is 17.1. The Bertz CT molecular complexity index is 677. The second-order valence-electron chi connectivity index (χ2n) is 6.01. The van der Waals surface area contributed by atoms with Gasteiger partial charge in [-0.05, 0) is 30.7 Å². The Morgan fingerprint density at radius 2 is 2.12 bits per heavy atom. The maximum absolute atomic E-state index is 6.42. The highest BCUT2D eigenvalue weighted by Crippen LogP contribution is 2.40. The van der Waals surface area contributed by atoms with Gasteiger partial charge < -0.3 is 19.5 Å². The average Bonchev–Trinajstić information content (AvgIpc) is 2.68. The van der Waals surface area contributed by atoms with Crippen molar-refractivity contribution < 1.29 is 14.2 Å². The lowest BCUT2D eigenvalue weighted by atomic mass is 9.85. The molecule has 142 valence electrons. The summed E-state index contributed by atoms with van der Waals surface area (Å²) in [6.45, 7) is 2.05. The maximum atomic E-state index is 6.42. The van der Waals surface area contributed by atoms with Crippen molar-refractivity contribution in [2.45, 2.75) is 31.7 Å². The Balaban J connectivity index is 2.51. The number of methoxy groups -OCH3 is 2. The van der Waals surface area contributed by atoms with E-state index in [1.807, 2.05) is 44.3 Å². The largest absolute Gasteiger partial charge is 0.498 e. The highest BCUT2D eigenvalue weighted by Gasteiger charge is 2.36. The van der Waals surface area contributed by atoms with Crippen LogP contribution in [-0.2, 0) is 14.2 Å². The van der Waals surface area contributed by atoms with Gasteiger partial charge in [-0.3, -0.25) is 0 Å². The van der Waals surface area contributed by atoms with Crippen molar-refractivity contribution in [3.8, 4) is 0 Å². The van der Waals surface area contributed by atoms with Crippen LogP contribution in [-0.4, -0.2) is 38.8 Å². The van der Waals surface area contributed by atoms with E-state index in [1.54, 1.807) is 19.6 Å². The van der Waals surface area contributed by atoms with Gasteiger partial charge in [0, 0.05) is 41.7 Å². The van der Waals surface area contributed by atoms with Crippen LogP contribution in [0.4, 0.5) is 5.69 Å². The predicted octanol–water partition coefficient (Wildman–Crippen LogP) is 4.95. The zero-order chi connectivity index (χ0) is 19.1. The van der Waals surface area contributed by atoms with Crippen molar-refractivity contribution in [2.75, 3.05) is 26.6 Å². The van der Waals surface area contributed by atoms with E-state index in [1.165, 1.54) is 0 Å². The van der Waals surface area contributed by atoms with Gasteiger partial charge >= 0.3 is 0 Å². The zero-order valence-electron chi connectivity index (χ0n) is 15.6. The van der Waals surface area contributed by atoms with Crippen LogP contribution in [0.5, 0.6) is 0 Å². The Morgan fingerprint density at radius 1 is 1.35 bits per heavy atom. The molecule has 26 heavy (non-hydrogen) atoms. The number of thiocarbonyl (C=S) groups is 1. The molecule has 0 aromatic heterocycles. The Morgan fingerprint density at radius 3 is 2.69 bits per heavy atom. The van der Waals surface area contributed by atoms with Gasteiger partial charge in [-0.2, -0.15) is 0 Å². The first-order valence-corrected chi connectivity index (χ1v) is 9.47. The molecule has 0 spiro atoms. The fourth-order valence-electron chi connectivity index (χ4n) is 3.16. The van der Waals surface area contributed by atoms with Crippen LogP contribution in [0.25, 0.3) is 0 Å². The van der Waals surface area contributed by atoms with Crippen LogP contribution >= 0.6 is 23.8 Å². The van der Waals surface area contributed by atoms with E-state index >= 15 is 0 Å². The molecule has 0 heterocycles. The quantitative estimate of drug-likeness (QED) is 0.599. The number of halogens is 1. The first kappa shape index (κ1) is 20.9. The van der Waals surface area contributed by atoms with Crippen LogP contribution in [0.2, 0.25) is 5.02 Å². The minimum absolute atomic E-state index is 0.0884. The van der Waals surface area contributed by atoms with Gasteiger partial charge in [-0.1, -0.05) is 42.9 Å². The molecule has 1 aliphatic carbocycles. The molecule has 0 radical (unpaired) electrons. The highest BCUT2D eigenvalue weighted by molar-refractivity contribution is 7.79. The summed E-state index contributed by atoms with van der Waals surface area (Å²) >= 11 is 11.4. The summed E-state index contributed by atoms with van der Waals surface area (Å²) in [5.41, 5.74) is 1.92. The van der Waals surface area contributed by atoms with Crippen molar-refractivity contribution in [1.82, 2.24) is 0 Å². The lowest BCUT2D eigenvalue weighted by Crippen LogP contribution is -2.34. The van der Waals surface area contributed by atoms with Crippen LogP contribution in [0.15, 0.2) is 42.2 Å². The van der Waals surface area contributed by atoms with E-state index in [9.17, 15) is 0 Å². The molecule has 0 fully saturated rings. The number of hydrogen-bond acceptors (Lipinski definition) is 5. The van der Waals surface area contributed by atoms with Crippen molar-refractivity contribution in [3.63, 3.8) is 0 Å². The fourth-order valence-corrected chi connectivity index (χ4v) is 3.60. The van der Waals surface area contributed by atoms with E-state index in [-0.39, 0.29) is 24.2 Å². The Labute approximate surface area is 166 Å². The van der Waals surface area contributed by atoms with E-state index in [2.05, 4.69) is 11.4 Å². The van der Waals surface area contributed by atoms with Gasteiger partial charge in [-0.15, -0.1) is 0 Å². The summed E-state index contributed by atoms with van der Waals surface area (Å²) in [6, 6.07) is 5.74. The van der Waals surface area contributed by atoms with Gasteiger partial charge in [-0.25, -0.2) is 0 Å². The van der Waals surface area contributed by atoms with Gasteiger partial charge in [0.05, 0.1) is 19.3 Å². The number of nitrogens with one attached hydrogen (secondary N) is 1. The van der Waals surface area contributed by atoms with E-state index < -0.39 is 0 Å². The number of hydrogen-bond donors (Lipinski definition) is 1. The summed E-state index contributed by atoms with van der Waals surface area (Å²) in [5.74, 6) is 0.673. The smallest absolute Gasteiger partial charge is 0.125 e. The molecule has 0 aliphatic heterocycles. The number of rotatable bonds is 9. The first-order chi connectivity index (χ1) is 12.6. The number of ether oxygens (including phenoxy) is 3. The van der Waals surface area contributed by atoms with E-state index in [0.717, 1.165) is 23.4 Å². The number of benzene rings is 1. The molecular formula is C20H26ClNO3S.